The lowest BCUT2D eigenvalue weighted by molar-refractivity contribution is 0.746. The normalized spacial score (nSPS) is 13.9. The molecule has 1 N–H and O–H groups in total. The van der Waals surface area contributed by atoms with E-state index in [2.05, 4.69) is 34.1 Å². The number of fused-ring (bicyclic) bond motifs is 1. The first-order valence-electron chi connectivity index (χ1n) is 6.55. The van der Waals surface area contributed by atoms with Crippen molar-refractivity contribution in [3.05, 3.63) is 35.0 Å². The van der Waals surface area contributed by atoms with E-state index in [-0.39, 0.29) is 0 Å². The minimum absolute atomic E-state index is 0.387. The predicted molar refractivity (Wildman–Crippen MR) is 72.4 cm³/mol. The first kappa shape index (κ1) is 12.2. The van der Waals surface area contributed by atoms with Crippen LogP contribution in [-0.4, -0.2) is 19.9 Å². The van der Waals surface area contributed by atoms with Gasteiger partial charge in [-0.15, -0.1) is 0 Å². The van der Waals surface area contributed by atoms with Gasteiger partial charge in [0.1, 0.15) is 11.5 Å². The summed E-state index contributed by atoms with van der Waals surface area (Å²) in [5, 5.41) is 3.34. The first-order chi connectivity index (χ1) is 9.15. The molecule has 19 heavy (non-hydrogen) atoms. The SMILES string of the molecule is Cc1nccc(-c2nc3c(c(C(C)C)n2)CNC3)n1. The highest BCUT2D eigenvalue weighted by Crippen LogP contribution is 2.26. The van der Waals surface area contributed by atoms with Crippen molar-refractivity contribution in [1.29, 1.82) is 0 Å². The van der Waals surface area contributed by atoms with Gasteiger partial charge in [0.15, 0.2) is 5.82 Å². The van der Waals surface area contributed by atoms with Gasteiger partial charge in [-0.3, -0.25) is 0 Å². The summed E-state index contributed by atoms with van der Waals surface area (Å²) < 4.78 is 0. The van der Waals surface area contributed by atoms with Crippen LogP contribution in [0.15, 0.2) is 12.3 Å². The van der Waals surface area contributed by atoms with Crippen molar-refractivity contribution >= 4 is 0 Å². The Morgan fingerprint density at radius 2 is 2.00 bits per heavy atom. The third-order valence-electron chi connectivity index (χ3n) is 3.27. The lowest BCUT2D eigenvalue weighted by Gasteiger charge is -2.12. The Morgan fingerprint density at radius 3 is 2.74 bits per heavy atom. The van der Waals surface area contributed by atoms with E-state index in [1.165, 1.54) is 5.56 Å². The van der Waals surface area contributed by atoms with Gasteiger partial charge in [-0.2, -0.15) is 0 Å². The summed E-state index contributed by atoms with van der Waals surface area (Å²) in [4.78, 5) is 17.9. The third-order valence-corrected chi connectivity index (χ3v) is 3.27. The van der Waals surface area contributed by atoms with Crippen molar-refractivity contribution < 1.29 is 0 Å². The molecule has 0 fully saturated rings. The lowest BCUT2D eigenvalue weighted by atomic mass is 10.0. The second kappa shape index (κ2) is 4.66. The number of aryl methyl sites for hydroxylation is 1. The van der Waals surface area contributed by atoms with E-state index >= 15 is 0 Å². The van der Waals surface area contributed by atoms with Crippen LogP contribution in [0.25, 0.3) is 11.5 Å². The fourth-order valence-electron chi connectivity index (χ4n) is 2.37. The average Bonchev–Trinajstić information content (AvgIpc) is 2.85. The molecular formula is C14H17N5. The zero-order valence-corrected chi connectivity index (χ0v) is 11.4. The van der Waals surface area contributed by atoms with Crippen molar-refractivity contribution in [3.8, 4) is 11.5 Å². The molecule has 0 unspecified atom stereocenters. The van der Waals surface area contributed by atoms with Gasteiger partial charge in [0.05, 0.1) is 11.4 Å². The Bertz CT molecular complexity index is 621. The van der Waals surface area contributed by atoms with Crippen LogP contribution in [0, 0.1) is 6.92 Å². The van der Waals surface area contributed by atoms with Crippen LogP contribution in [0.4, 0.5) is 0 Å². The van der Waals surface area contributed by atoms with Gasteiger partial charge in [0, 0.05) is 24.8 Å². The fourth-order valence-corrected chi connectivity index (χ4v) is 2.37. The van der Waals surface area contributed by atoms with Crippen LogP contribution in [0.1, 0.15) is 42.5 Å². The van der Waals surface area contributed by atoms with E-state index in [1.807, 2.05) is 13.0 Å². The first-order valence-corrected chi connectivity index (χ1v) is 6.55. The smallest absolute Gasteiger partial charge is 0.178 e. The van der Waals surface area contributed by atoms with Crippen molar-refractivity contribution in [2.24, 2.45) is 0 Å². The van der Waals surface area contributed by atoms with Crippen LogP contribution in [-0.2, 0) is 13.1 Å². The van der Waals surface area contributed by atoms with Gasteiger partial charge in [-0.25, -0.2) is 19.9 Å². The molecule has 0 spiro atoms. The fraction of sp³-hybridized carbons (Fsp3) is 0.429. The summed E-state index contributed by atoms with van der Waals surface area (Å²) in [7, 11) is 0. The number of nitrogens with one attached hydrogen (secondary N) is 1. The minimum atomic E-state index is 0.387. The van der Waals surface area contributed by atoms with Gasteiger partial charge >= 0.3 is 0 Å². The topological polar surface area (TPSA) is 63.6 Å². The largest absolute Gasteiger partial charge is 0.307 e. The second-order valence-electron chi connectivity index (χ2n) is 5.11. The molecule has 0 saturated heterocycles. The molecule has 5 nitrogen and oxygen atoms in total. The summed E-state index contributed by atoms with van der Waals surface area (Å²) in [5.74, 6) is 1.83. The molecule has 3 heterocycles. The molecule has 3 rings (SSSR count). The molecule has 98 valence electrons. The summed E-state index contributed by atoms with van der Waals surface area (Å²) in [6.45, 7) is 7.88. The molecule has 5 heteroatoms. The molecule has 0 bridgehead atoms. The molecule has 0 aromatic carbocycles. The second-order valence-corrected chi connectivity index (χ2v) is 5.11. The van der Waals surface area contributed by atoms with Crippen LogP contribution in [0.5, 0.6) is 0 Å². The highest BCUT2D eigenvalue weighted by Gasteiger charge is 2.21. The number of hydrogen-bond donors (Lipinski definition) is 1. The Balaban J connectivity index is 2.15. The lowest BCUT2D eigenvalue weighted by Crippen LogP contribution is -2.06. The molecule has 1 aliphatic rings. The molecule has 0 atom stereocenters. The number of nitrogens with zero attached hydrogens (tertiary/aromatic N) is 4. The Morgan fingerprint density at radius 1 is 1.16 bits per heavy atom. The van der Waals surface area contributed by atoms with Gasteiger partial charge in [0.25, 0.3) is 0 Å². The summed E-state index contributed by atoms with van der Waals surface area (Å²) in [6.07, 6.45) is 1.75. The van der Waals surface area contributed by atoms with E-state index in [4.69, 9.17) is 4.98 Å². The van der Waals surface area contributed by atoms with E-state index in [9.17, 15) is 0 Å². The van der Waals surface area contributed by atoms with E-state index in [0.29, 0.717) is 11.7 Å². The average molecular weight is 255 g/mol. The van der Waals surface area contributed by atoms with Gasteiger partial charge < -0.3 is 5.32 Å². The molecular weight excluding hydrogens is 238 g/mol. The summed E-state index contributed by atoms with van der Waals surface area (Å²) in [6, 6.07) is 1.86. The Kier molecular flexibility index (Phi) is 2.98. The van der Waals surface area contributed by atoms with Crippen molar-refractivity contribution in [1.82, 2.24) is 25.3 Å². The van der Waals surface area contributed by atoms with E-state index in [1.54, 1.807) is 6.20 Å². The van der Waals surface area contributed by atoms with Gasteiger partial charge in [0.2, 0.25) is 0 Å². The molecule has 0 amide bonds. The maximum atomic E-state index is 4.71. The number of aromatic nitrogens is 4. The van der Waals surface area contributed by atoms with Crippen LogP contribution in [0.2, 0.25) is 0 Å². The zero-order chi connectivity index (χ0) is 13.4. The van der Waals surface area contributed by atoms with Crippen LogP contribution >= 0.6 is 0 Å². The maximum absolute atomic E-state index is 4.71. The molecule has 0 radical (unpaired) electrons. The van der Waals surface area contributed by atoms with Crippen molar-refractivity contribution in [3.63, 3.8) is 0 Å². The summed E-state index contributed by atoms with van der Waals surface area (Å²) in [5.41, 5.74) is 4.28. The highest BCUT2D eigenvalue weighted by atomic mass is 15.0. The molecule has 0 saturated carbocycles. The standard InChI is InChI=1S/C14H17N5/c1-8(2)13-10-6-15-7-12(10)18-14(19-13)11-4-5-16-9(3)17-11/h4-5,8,15H,6-7H2,1-3H3. The van der Waals surface area contributed by atoms with Crippen molar-refractivity contribution in [2.75, 3.05) is 0 Å². The van der Waals surface area contributed by atoms with Crippen LogP contribution < -0.4 is 5.32 Å². The summed E-state index contributed by atoms with van der Waals surface area (Å²) >= 11 is 0. The number of hydrogen-bond acceptors (Lipinski definition) is 5. The minimum Gasteiger partial charge on any atom is -0.307 e. The molecule has 2 aromatic heterocycles. The molecule has 1 aliphatic heterocycles. The van der Waals surface area contributed by atoms with Gasteiger partial charge in [-0.1, -0.05) is 13.8 Å². The van der Waals surface area contributed by atoms with Crippen LogP contribution in [0.3, 0.4) is 0 Å². The molecule has 0 aliphatic carbocycles. The van der Waals surface area contributed by atoms with Crippen molar-refractivity contribution in [2.45, 2.75) is 39.8 Å². The highest BCUT2D eigenvalue weighted by molar-refractivity contribution is 5.50. The Labute approximate surface area is 112 Å². The quantitative estimate of drug-likeness (QED) is 0.888. The van der Waals surface area contributed by atoms with Gasteiger partial charge in [-0.05, 0) is 18.9 Å². The predicted octanol–water partition coefficient (Wildman–Crippen LogP) is 1.97. The maximum Gasteiger partial charge on any atom is 0.178 e. The van der Waals surface area contributed by atoms with E-state index < -0.39 is 0 Å². The van der Waals surface area contributed by atoms with E-state index in [0.717, 1.165) is 36.0 Å². The monoisotopic (exact) mass is 255 g/mol. The molecule has 2 aromatic rings. The number of rotatable bonds is 2. The third kappa shape index (κ3) is 2.21. The Hall–Kier alpha value is -1.88. The zero-order valence-electron chi connectivity index (χ0n) is 11.4.